The molecule has 0 spiro atoms. The number of rotatable bonds is 4. The molecular weight excluding hydrogens is 418 g/mol. The smallest absolute Gasteiger partial charge is 0.254 e. The van der Waals surface area contributed by atoms with Crippen LogP contribution in [0.1, 0.15) is 15.9 Å². The van der Waals surface area contributed by atoms with Crippen molar-refractivity contribution in [2.45, 2.75) is 18.5 Å². The number of hydrogen-bond acceptors (Lipinski definition) is 4. The first-order chi connectivity index (χ1) is 16.0. The highest BCUT2D eigenvalue weighted by molar-refractivity contribution is 6.01. The largest absolute Gasteiger partial charge is 0.497 e. The zero-order valence-electron chi connectivity index (χ0n) is 18.4. The van der Waals surface area contributed by atoms with E-state index in [-0.39, 0.29) is 24.3 Å². The molecule has 3 aromatic rings. The molecule has 7 heteroatoms. The van der Waals surface area contributed by atoms with Crippen LogP contribution in [0.2, 0.25) is 0 Å². The molecule has 2 aliphatic rings. The average Bonchev–Trinajstić information content (AvgIpc) is 2.86. The summed E-state index contributed by atoms with van der Waals surface area (Å²) in [5.74, 6) is 0.295. The minimum absolute atomic E-state index is 0.103. The van der Waals surface area contributed by atoms with Gasteiger partial charge in [-0.1, -0.05) is 42.5 Å². The molecule has 3 amide bonds. The minimum Gasteiger partial charge on any atom is -0.497 e. The summed E-state index contributed by atoms with van der Waals surface area (Å²) in [6.45, 7) is 0.935. The fourth-order valence-corrected chi connectivity index (χ4v) is 4.63. The van der Waals surface area contributed by atoms with Gasteiger partial charge < -0.3 is 19.9 Å². The maximum atomic E-state index is 13.1. The van der Waals surface area contributed by atoms with Crippen molar-refractivity contribution in [3.8, 4) is 5.75 Å². The number of hydrogen-bond donors (Lipinski definition) is 1. The standard InChI is InChI=1S/C26H25N3O4/c1-33-21-10-6-17(7-11-21)14-22-26(32)29-13-12-28(16-23(29)24(30)27-22)25(31)20-9-8-18-4-2-3-5-19(18)15-20/h2-11,15,22-23H,12-14,16H2,1H3,(H,27,30)/t22-,23+/m0/s1. The summed E-state index contributed by atoms with van der Waals surface area (Å²) in [5.41, 5.74) is 1.53. The van der Waals surface area contributed by atoms with Crippen molar-refractivity contribution in [1.29, 1.82) is 0 Å². The zero-order chi connectivity index (χ0) is 22.9. The van der Waals surface area contributed by atoms with Gasteiger partial charge in [-0.3, -0.25) is 14.4 Å². The summed E-state index contributed by atoms with van der Waals surface area (Å²) in [7, 11) is 1.60. The number of benzene rings is 3. The monoisotopic (exact) mass is 443 g/mol. The molecule has 0 aromatic heterocycles. The normalized spacial score (nSPS) is 20.4. The number of ether oxygens (including phenoxy) is 1. The molecule has 0 radical (unpaired) electrons. The predicted molar refractivity (Wildman–Crippen MR) is 124 cm³/mol. The fourth-order valence-electron chi connectivity index (χ4n) is 4.63. The van der Waals surface area contributed by atoms with E-state index >= 15 is 0 Å². The van der Waals surface area contributed by atoms with E-state index in [4.69, 9.17) is 4.74 Å². The molecule has 33 heavy (non-hydrogen) atoms. The highest BCUT2D eigenvalue weighted by Crippen LogP contribution is 2.22. The molecule has 0 bridgehead atoms. The molecule has 0 unspecified atom stereocenters. The molecule has 0 saturated carbocycles. The lowest BCUT2D eigenvalue weighted by Gasteiger charge is -2.45. The van der Waals surface area contributed by atoms with Crippen LogP contribution in [-0.2, 0) is 16.0 Å². The highest BCUT2D eigenvalue weighted by atomic mass is 16.5. The quantitative estimate of drug-likeness (QED) is 0.671. The molecule has 1 N–H and O–H groups in total. The van der Waals surface area contributed by atoms with Gasteiger partial charge in [-0.2, -0.15) is 0 Å². The van der Waals surface area contributed by atoms with Gasteiger partial charge in [0.1, 0.15) is 17.8 Å². The zero-order valence-corrected chi connectivity index (χ0v) is 18.4. The predicted octanol–water partition coefficient (Wildman–Crippen LogP) is 2.24. The second-order valence-corrected chi connectivity index (χ2v) is 8.47. The molecular formula is C26H25N3O4. The van der Waals surface area contributed by atoms with E-state index in [0.29, 0.717) is 25.1 Å². The van der Waals surface area contributed by atoms with Crippen molar-refractivity contribution in [2.75, 3.05) is 26.7 Å². The summed E-state index contributed by atoms with van der Waals surface area (Å²) in [5, 5.41) is 4.93. The lowest BCUT2D eigenvalue weighted by atomic mass is 9.98. The van der Waals surface area contributed by atoms with Gasteiger partial charge >= 0.3 is 0 Å². The Morgan fingerprint density at radius 2 is 1.76 bits per heavy atom. The van der Waals surface area contributed by atoms with Gasteiger partial charge in [-0.15, -0.1) is 0 Å². The number of nitrogens with one attached hydrogen (secondary N) is 1. The molecule has 2 saturated heterocycles. The van der Waals surface area contributed by atoms with E-state index in [2.05, 4.69) is 5.32 Å². The number of piperazine rings is 2. The van der Waals surface area contributed by atoms with Gasteiger partial charge in [-0.25, -0.2) is 0 Å². The second-order valence-electron chi connectivity index (χ2n) is 8.47. The average molecular weight is 444 g/mol. The van der Waals surface area contributed by atoms with Crippen LogP contribution in [0.4, 0.5) is 0 Å². The van der Waals surface area contributed by atoms with E-state index in [9.17, 15) is 14.4 Å². The molecule has 2 atom stereocenters. The maximum Gasteiger partial charge on any atom is 0.254 e. The summed E-state index contributed by atoms with van der Waals surface area (Å²) >= 11 is 0. The van der Waals surface area contributed by atoms with Gasteiger partial charge in [0.05, 0.1) is 13.7 Å². The molecule has 168 valence electrons. The number of fused-ring (bicyclic) bond motifs is 2. The third-order valence-electron chi connectivity index (χ3n) is 6.46. The van der Waals surface area contributed by atoms with Crippen molar-refractivity contribution in [3.05, 3.63) is 77.9 Å². The summed E-state index contributed by atoms with van der Waals surface area (Å²) < 4.78 is 5.17. The van der Waals surface area contributed by atoms with Gasteiger partial charge in [0.2, 0.25) is 11.8 Å². The Hall–Kier alpha value is -3.87. The third-order valence-corrected chi connectivity index (χ3v) is 6.46. The van der Waals surface area contributed by atoms with Crippen LogP contribution in [0, 0.1) is 0 Å². The Morgan fingerprint density at radius 3 is 2.52 bits per heavy atom. The first-order valence-corrected chi connectivity index (χ1v) is 11.1. The molecule has 0 aliphatic carbocycles. The highest BCUT2D eigenvalue weighted by Gasteiger charge is 2.44. The van der Waals surface area contributed by atoms with E-state index in [1.165, 1.54) is 0 Å². The fraction of sp³-hybridized carbons (Fsp3) is 0.269. The van der Waals surface area contributed by atoms with Gasteiger partial charge in [0.25, 0.3) is 5.91 Å². The van der Waals surface area contributed by atoms with E-state index in [1.54, 1.807) is 16.9 Å². The van der Waals surface area contributed by atoms with Crippen LogP contribution < -0.4 is 10.1 Å². The van der Waals surface area contributed by atoms with Crippen molar-refractivity contribution < 1.29 is 19.1 Å². The summed E-state index contributed by atoms with van der Waals surface area (Å²) in [6, 6.07) is 19.7. The Balaban J connectivity index is 1.28. The van der Waals surface area contributed by atoms with E-state index in [0.717, 1.165) is 22.1 Å². The summed E-state index contributed by atoms with van der Waals surface area (Å²) in [6.07, 6.45) is 0.414. The Labute approximate surface area is 191 Å². The van der Waals surface area contributed by atoms with Crippen LogP contribution in [0.5, 0.6) is 5.75 Å². The van der Waals surface area contributed by atoms with Crippen LogP contribution in [0.15, 0.2) is 66.7 Å². The molecule has 5 rings (SSSR count). The van der Waals surface area contributed by atoms with Crippen molar-refractivity contribution in [1.82, 2.24) is 15.1 Å². The first-order valence-electron chi connectivity index (χ1n) is 11.1. The van der Waals surface area contributed by atoms with Crippen LogP contribution in [0.25, 0.3) is 10.8 Å². The Kier molecular flexibility index (Phi) is 5.46. The number of methoxy groups -OCH3 is 1. The number of nitrogens with zero attached hydrogens (tertiary/aromatic N) is 2. The van der Waals surface area contributed by atoms with Crippen LogP contribution >= 0.6 is 0 Å². The van der Waals surface area contributed by atoms with Crippen LogP contribution in [0.3, 0.4) is 0 Å². The lowest BCUT2D eigenvalue weighted by molar-refractivity contribution is -0.152. The number of carbonyl (C=O) groups excluding carboxylic acids is 3. The molecule has 7 nitrogen and oxygen atoms in total. The molecule has 2 aliphatic heterocycles. The van der Waals surface area contributed by atoms with Crippen LogP contribution in [-0.4, -0.2) is 66.3 Å². The third kappa shape index (κ3) is 4.02. The van der Waals surface area contributed by atoms with Crippen molar-refractivity contribution in [3.63, 3.8) is 0 Å². The lowest BCUT2D eigenvalue weighted by Crippen LogP contribution is -2.70. The Morgan fingerprint density at radius 1 is 1.00 bits per heavy atom. The Bertz CT molecular complexity index is 1220. The van der Waals surface area contributed by atoms with Gasteiger partial charge in [0.15, 0.2) is 0 Å². The second kappa shape index (κ2) is 8.58. The van der Waals surface area contributed by atoms with Crippen molar-refractivity contribution >= 4 is 28.5 Å². The van der Waals surface area contributed by atoms with Gasteiger partial charge in [0, 0.05) is 25.1 Å². The van der Waals surface area contributed by atoms with Gasteiger partial charge in [-0.05, 0) is 40.6 Å². The van der Waals surface area contributed by atoms with E-state index < -0.39 is 12.1 Å². The molecule has 2 heterocycles. The van der Waals surface area contributed by atoms with Crippen molar-refractivity contribution in [2.24, 2.45) is 0 Å². The minimum atomic E-state index is -0.664. The van der Waals surface area contributed by atoms with E-state index in [1.807, 2.05) is 66.7 Å². The number of amides is 3. The SMILES string of the molecule is COc1ccc(C[C@@H]2NC(=O)[C@H]3CN(C(=O)c4ccc5ccccc5c4)CCN3C2=O)cc1. The number of carbonyl (C=O) groups is 3. The molecule has 2 fully saturated rings. The first kappa shape index (κ1) is 21.0. The topological polar surface area (TPSA) is 79.0 Å². The summed E-state index contributed by atoms with van der Waals surface area (Å²) in [4.78, 5) is 42.4. The molecule has 3 aromatic carbocycles. The maximum absolute atomic E-state index is 13.1.